The minimum Gasteiger partial charge on any atom is -0.206 e. The molecule has 0 radical (unpaired) electrons. The molecule has 0 saturated heterocycles. The summed E-state index contributed by atoms with van der Waals surface area (Å²) in [5.74, 6) is -1.20. The first kappa shape index (κ1) is 10.0. The van der Waals surface area contributed by atoms with E-state index >= 15 is 0 Å². The van der Waals surface area contributed by atoms with Crippen molar-refractivity contribution in [2.24, 2.45) is 0 Å². The quantitative estimate of drug-likeness (QED) is 0.598. The van der Waals surface area contributed by atoms with E-state index in [1.807, 2.05) is 0 Å². The summed E-state index contributed by atoms with van der Waals surface area (Å²) >= 11 is 0. The molecule has 0 aliphatic heterocycles. The van der Waals surface area contributed by atoms with Crippen LogP contribution in [0.2, 0.25) is 0 Å². The van der Waals surface area contributed by atoms with E-state index in [1.54, 1.807) is 6.92 Å². The highest BCUT2D eigenvalue weighted by molar-refractivity contribution is 5.31. The fraction of sp³-hybridized carbons (Fsp3) is 0.333. The van der Waals surface area contributed by atoms with Gasteiger partial charge in [-0.2, -0.15) is 13.2 Å². The van der Waals surface area contributed by atoms with E-state index in [-0.39, 0.29) is 12.0 Å². The van der Waals surface area contributed by atoms with E-state index < -0.39 is 17.6 Å². The van der Waals surface area contributed by atoms with Crippen molar-refractivity contribution in [2.45, 2.75) is 19.5 Å². The number of hydrogen-bond acceptors (Lipinski definition) is 0. The Morgan fingerprint density at radius 2 is 1.85 bits per heavy atom. The normalized spacial score (nSPS) is 11.8. The predicted molar refractivity (Wildman–Crippen MR) is 40.8 cm³/mol. The van der Waals surface area contributed by atoms with Gasteiger partial charge in [0.2, 0.25) is 0 Å². The first-order chi connectivity index (χ1) is 5.96. The smallest absolute Gasteiger partial charge is 0.206 e. The molecule has 0 nitrogen and oxygen atoms in total. The standard InChI is InChI=1S/C9H8F4/c1-2-6-4-3-5-7(10)8(6)9(11,12)13/h3-5H,2H2,1H3. The molecule has 13 heavy (non-hydrogen) atoms. The fourth-order valence-electron chi connectivity index (χ4n) is 1.18. The molecule has 72 valence electrons. The summed E-state index contributed by atoms with van der Waals surface area (Å²) in [5.41, 5.74) is -1.15. The van der Waals surface area contributed by atoms with Gasteiger partial charge in [-0.1, -0.05) is 19.1 Å². The fourth-order valence-corrected chi connectivity index (χ4v) is 1.18. The molecule has 0 unspecified atom stereocenters. The Hall–Kier alpha value is -1.06. The first-order valence-electron chi connectivity index (χ1n) is 3.81. The van der Waals surface area contributed by atoms with Crippen LogP contribution in [0.4, 0.5) is 17.6 Å². The third-order valence-corrected chi connectivity index (χ3v) is 1.76. The molecule has 0 aromatic heterocycles. The van der Waals surface area contributed by atoms with Crippen LogP contribution in [0.1, 0.15) is 18.1 Å². The minimum atomic E-state index is -4.60. The molecule has 0 bridgehead atoms. The molecule has 0 heterocycles. The van der Waals surface area contributed by atoms with Gasteiger partial charge in [0.05, 0.1) is 5.56 Å². The first-order valence-corrected chi connectivity index (χ1v) is 3.81. The van der Waals surface area contributed by atoms with Crippen LogP contribution in [0, 0.1) is 5.82 Å². The topological polar surface area (TPSA) is 0 Å². The summed E-state index contributed by atoms with van der Waals surface area (Å²) in [6.45, 7) is 1.56. The van der Waals surface area contributed by atoms with E-state index in [2.05, 4.69) is 0 Å². The Labute approximate surface area is 73.2 Å². The van der Waals surface area contributed by atoms with Crippen LogP contribution in [0.15, 0.2) is 18.2 Å². The van der Waals surface area contributed by atoms with Gasteiger partial charge in [-0.15, -0.1) is 0 Å². The van der Waals surface area contributed by atoms with Crippen molar-refractivity contribution in [1.82, 2.24) is 0 Å². The summed E-state index contributed by atoms with van der Waals surface area (Å²) in [7, 11) is 0. The monoisotopic (exact) mass is 192 g/mol. The van der Waals surface area contributed by atoms with Crippen LogP contribution >= 0.6 is 0 Å². The largest absolute Gasteiger partial charge is 0.419 e. The second-order valence-electron chi connectivity index (χ2n) is 2.63. The second-order valence-corrected chi connectivity index (χ2v) is 2.63. The van der Waals surface area contributed by atoms with Crippen LogP contribution in [0.5, 0.6) is 0 Å². The second kappa shape index (κ2) is 3.36. The van der Waals surface area contributed by atoms with Gasteiger partial charge >= 0.3 is 6.18 Å². The lowest BCUT2D eigenvalue weighted by Gasteiger charge is -2.11. The van der Waals surface area contributed by atoms with Crippen molar-refractivity contribution >= 4 is 0 Å². The molecule has 1 aromatic carbocycles. The third kappa shape index (κ3) is 1.99. The van der Waals surface area contributed by atoms with Gasteiger partial charge < -0.3 is 0 Å². The van der Waals surface area contributed by atoms with Gasteiger partial charge in [0.1, 0.15) is 5.82 Å². The summed E-state index contributed by atoms with van der Waals surface area (Å²) in [4.78, 5) is 0. The van der Waals surface area contributed by atoms with Gasteiger partial charge in [0.15, 0.2) is 0 Å². The summed E-state index contributed by atoms with van der Waals surface area (Å²) in [6, 6.07) is 3.39. The number of rotatable bonds is 1. The zero-order valence-electron chi connectivity index (χ0n) is 6.95. The molecule has 1 rings (SSSR count). The van der Waals surface area contributed by atoms with E-state index in [1.165, 1.54) is 12.1 Å². The predicted octanol–water partition coefficient (Wildman–Crippen LogP) is 3.41. The maximum atomic E-state index is 12.8. The van der Waals surface area contributed by atoms with E-state index in [9.17, 15) is 17.6 Å². The highest BCUT2D eigenvalue weighted by Crippen LogP contribution is 2.34. The lowest BCUT2D eigenvalue weighted by Crippen LogP contribution is -2.11. The number of hydrogen-bond donors (Lipinski definition) is 0. The maximum Gasteiger partial charge on any atom is 0.419 e. The van der Waals surface area contributed by atoms with Crippen molar-refractivity contribution in [3.05, 3.63) is 35.1 Å². The van der Waals surface area contributed by atoms with Gasteiger partial charge in [0, 0.05) is 0 Å². The SMILES string of the molecule is CCc1cccc(F)c1C(F)(F)F. The van der Waals surface area contributed by atoms with Crippen molar-refractivity contribution < 1.29 is 17.6 Å². The van der Waals surface area contributed by atoms with Crippen molar-refractivity contribution in [3.8, 4) is 0 Å². The molecule has 0 spiro atoms. The summed E-state index contributed by atoms with van der Waals surface area (Å²) in [5, 5.41) is 0. The van der Waals surface area contributed by atoms with Crippen molar-refractivity contribution in [3.63, 3.8) is 0 Å². The molecular formula is C9H8F4. The number of alkyl halides is 3. The Bertz CT molecular complexity index is 301. The number of aryl methyl sites for hydroxylation is 1. The molecule has 0 fully saturated rings. The molecule has 4 heteroatoms. The molecule has 0 aliphatic rings. The highest BCUT2D eigenvalue weighted by Gasteiger charge is 2.35. The van der Waals surface area contributed by atoms with Gasteiger partial charge in [-0.3, -0.25) is 0 Å². The zero-order valence-corrected chi connectivity index (χ0v) is 6.95. The third-order valence-electron chi connectivity index (χ3n) is 1.76. The van der Waals surface area contributed by atoms with E-state index in [4.69, 9.17) is 0 Å². The van der Waals surface area contributed by atoms with Crippen LogP contribution < -0.4 is 0 Å². The van der Waals surface area contributed by atoms with Gasteiger partial charge in [-0.25, -0.2) is 4.39 Å². The van der Waals surface area contributed by atoms with Gasteiger partial charge in [0.25, 0.3) is 0 Å². The molecule has 0 aliphatic carbocycles. The van der Waals surface area contributed by atoms with Gasteiger partial charge in [-0.05, 0) is 18.1 Å². The maximum absolute atomic E-state index is 12.8. The molecule has 0 N–H and O–H groups in total. The lowest BCUT2D eigenvalue weighted by atomic mass is 10.0. The Balaban J connectivity index is 3.32. The molecule has 0 saturated carbocycles. The molecular weight excluding hydrogens is 184 g/mol. The highest BCUT2D eigenvalue weighted by atomic mass is 19.4. The van der Waals surface area contributed by atoms with Crippen molar-refractivity contribution in [2.75, 3.05) is 0 Å². The van der Waals surface area contributed by atoms with Crippen LogP contribution in [0.3, 0.4) is 0 Å². The summed E-state index contributed by atoms with van der Waals surface area (Å²) in [6.07, 6.45) is -4.43. The van der Waals surface area contributed by atoms with Crippen LogP contribution in [0.25, 0.3) is 0 Å². The van der Waals surface area contributed by atoms with E-state index in [0.717, 1.165) is 6.07 Å². The Kier molecular flexibility index (Phi) is 2.59. The minimum absolute atomic E-state index is 0.00694. The zero-order chi connectivity index (χ0) is 10.1. The number of benzene rings is 1. The van der Waals surface area contributed by atoms with Crippen LogP contribution in [-0.2, 0) is 12.6 Å². The summed E-state index contributed by atoms with van der Waals surface area (Å²) < 4.78 is 49.6. The molecule has 1 aromatic rings. The lowest BCUT2D eigenvalue weighted by molar-refractivity contribution is -0.140. The van der Waals surface area contributed by atoms with Crippen molar-refractivity contribution in [1.29, 1.82) is 0 Å². The molecule has 0 atom stereocenters. The van der Waals surface area contributed by atoms with Crippen LogP contribution in [-0.4, -0.2) is 0 Å². The Morgan fingerprint density at radius 1 is 1.23 bits per heavy atom. The average molecular weight is 192 g/mol. The molecule has 0 amide bonds. The average Bonchev–Trinajstić information content (AvgIpc) is 2.01. The van der Waals surface area contributed by atoms with E-state index in [0.29, 0.717) is 0 Å². The Morgan fingerprint density at radius 3 is 2.23 bits per heavy atom. The number of halogens is 4.